The van der Waals surface area contributed by atoms with Crippen LogP contribution in [0.2, 0.25) is 0 Å². The zero-order chi connectivity index (χ0) is 13.0. The molecule has 1 aromatic carbocycles. The van der Waals surface area contributed by atoms with Crippen LogP contribution in [0, 0.1) is 18.8 Å². The fraction of sp³-hybridized carbons (Fsp3) is 0.412. The molecule has 0 aliphatic heterocycles. The maximum atomic E-state index is 10.7. The predicted octanol–water partition coefficient (Wildman–Crippen LogP) is 4.07. The van der Waals surface area contributed by atoms with E-state index in [2.05, 4.69) is 42.6 Å². The van der Waals surface area contributed by atoms with Crippen LogP contribution in [-0.4, -0.2) is 5.11 Å². The average molecular weight is 270 g/mol. The van der Waals surface area contributed by atoms with Crippen molar-refractivity contribution in [2.45, 2.75) is 31.8 Å². The smallest absolute Gasteiger partial charge is 0.0837 e. The minimum absolute atomic E-state index is 0.271. The molecule has 1 saturated carbocycles. The van der Waals surface area contributed by atoms with Gasteiger partial charge in [0.05, 0.1) is 6.10 Å². The maximum absolute atomic E-state index is 10.7. The molecule has 2 aliphatic rings. The Morgan fingerprint density at radius 3 is 2.89 bits per heavy atom. The fourth-order valence-electron chi connectivity index (χ4n) is 3.96. The molecule has 2 aromatic rings. The standard InChI is InChI=1S/C17H18OS/c1-10-12(8-9-19-10)17(18)16-14-7-6-11-4-2-3-5-13(11)15(14)16/h2-5,8-9,14-18H,6-7H2,1H3. The van der Waals surface area contributed by atoms with Crippen molar-refractivity contribution in [1.82, 2.24) is 0 Å². The summed E-state index contributed by atoms with van der Waals surface area (Å²) in [5.74, 6) is 1.74. The normalized spacial score (nSPS) is 29.5. The molecule has 1 aromatic heterocycles. The molecule has 0 bridgehead atoms. The summed E-state index contributed by atoms with van der Waals surface area (Å²) in [5, 5.41) is 12.8. The third kappa shape index (κ3) is 1.70. The van der Waals surface area contributed by atoms with Crippen molar-refractivity contribution in [3.05, 3.63) is 57.3 Å². The fourth-order valence-corrected chi connectivity index (χ4v) is 4.70. The van der Waals surface area contributed by atoms with Gasteiger partial charge in [-0.3, -0.25) is 0 Å². The molecule has 1 N–H and O–H groups in total. The van der Waals surface area contributed by atoms with Gasteiger partial charge in [-0.15, -0.1) is 11.3 Å². The van der Waals surface area contributed by atoms with Crippen LogP contribution in [-0.2, 0) is 6.42 Å². The molecule has 4 rings (SSSR count). The first-order valence-electron chi connectivity index (χ1n) is 7.07. The third-order valence-corrected chi connectivity index (χ3v) is 5.83. The van der Waals surface area contributed by atoms with Gasteiger partial charge < -0.3 is 5.11 Å². The second-order valence-corrected chi connectivity index (χ2v) is 7.00. The van der Waals surface area contributed by atoms with Crippen LogP contribution in [0.5, 0.6) is 0 Å². The summed E-state index contributed by atoms with van der Waals surface area (Å²) in [5.41, 5.74) is 4.15. The maximum Gasteiger partial charge on any atom is 0.0837 e. The minimum Gasteiger partial charge on any atom is -0.388 e. The van der Waals surface area contributed by atoms with Gasteiger partial charge in [0.25, 0.3) is 0 Å². The number of hydrogen-bond donors (Lipinski definition) is 1. The van der Waals surface area contributed by atoms with E-state index in [0.717, 1.165) is 5.56 Å². The number of benzene rings is 1. The van der Waals surface area contributed by atoms with E-state index < -0.39 is 0 Å². The van der Waals surface area contributed by atoms with Gasteiger partial charge >= 0.3 is 0 Å². The zero-order valence-corrected chi connectivity index (χ0v) is 11.9. The third-order valence-electron chi connectivity index (χ3n) is 4.97. The lowest BCUT2D eigenvalue weighted by molar-refractivity contribution is 0.145. The summed E-state index contributed by atoms with van der Waals surface area (Å²) in [6.45, 7) is 2.11. The Labute approximate surface area is 117 Å². The molecular weight excluding hydrogens is 252 g/mol. The van der Waals surface area contributed by atoms with Crippen LogP contribution in [0.15, 0.2) is 35.7 Å². The largest absolute Gasteiger partial charge is 0.388 e. The monoisotopic (exact) mass is 270 g/mol. The van der Waals surface area contributed by atoms with Crippen molar-refractivity contribution in [1.29, 1.82) is 0 Å². The highest BCUT2D eigenvalue weighted by Gasteiger charge is 2.56. The van der Waals surface area contributed by atoms with Crippen molar-refractivity contribution in [3.63, 3.8) is 0 Å². The molecule has 1 heterocycles. The van der Waals surface area contributed by atoms with Crippen LogP contribution in [0.3, 0.4) is 0 Å². The van der Waals surface area contributed by atoms with Gasteiger partial charge in [-0.2, -0.15) is 0 Å². The van der Waals surface area contributed by atoms with E-state index in [1.54, 1.807) is 11.3 Å². The van der Waals surface area contributed by atoms with E-state index in [0.29, 0.717) is 17.8 Å². The number of fused-ring (bicyclic) bond motifs is 3. The van der Waals surface area contributed by atoms with Gasteiger partial charge in [0, 0.05) is 4.88 Å². The topological polar surface area (TPSA) is 20.2 Å². The van der Waals surface area contributed by atoms with Crippen LogP contribution in [0.25, 0.3) is 0 Å². The summed E-state index contributed by atoms with van der Waals surface area (Å²) < 4.78 is 0. The molecule has 0 amide bonds. The molecule has 4 unspecified atom stereocenters. The second-order valence-electron chi connectivity index (χ2n) is 5.88. The van der Waals surface area contributed by atoms with Gasteiger partial charge in [0.1, 0.15) is 0 Å². The Hall–Kier alpha value is -1.12. The predicted molar refractivity (Wildman–Crippen MR) is 78.5 cm³/mol. The van der Waals surface area contributed by atoms with Gasteiger partial charge in [-0.1, -0.05) is 24.3 Å². The van der Waals surface area contributed by atoms with Gasteiger partial charge in [0.2, 0.25) is 0 Å². The Balaban J connectivity index is 1.66. The van der Waals surface area contributed by atoms with Crippen molar-refractivity contribution < 1.29 is 5.11 Å². The highest BCUT2D eigenvalue weighted by Crippen LogP contribution is 2.64. The van der Waals surface area contributed by atoms with E-state index in [-0.39, 0.29) is 6.10 Å². The number of aliphatic hydroxyl groups is 1. The molecule has 2 aliphatic carbocycles. The minimum atomic E-state index is -0.271. The van der Waals surface area contributed by atoms with Crippen molar-refractivity contribution in [3.8, 4) is 0 Å². The van der Waals surface area contributed by atoms with E-state index in [1.165, 1.54) is 28.8 Å². The first-order chi connectivity index (χ1) is 9.27. The van der Waals surface area contributed by atoms with Crippen LogP contribution >= 0.6 is 11.3 Å². The SMILES string of the molecule is Cc1sccc1C(O)C1C2CCc3ccccc3C21. The first-order valence-corrected chi connectivity index (χ1v) is 7.95. The molecule has 2 heteroatoms. The first kappa shape index (κ1) is 11.7. The Morgan fingerprint density at radius 1 is 1.26 bits per heavy atom. The molecule has 0 saturated heterocycles. The summed E-state index contributed by atoms with van der Waals surface area (Å²) >= 11 is 1.74. The van der Waals surface area contributed by atoms with Crippen LogP contribution < -0.4 is 0 Å². The number of aryl methyl sites for hydroxylation is 2. The van der Waals surface area contributed by atoms with Gasteiger partial charge in [-0.05, 0) is 65.7 Å². The molecular formula is C17H18OS. The van der Waals surface area contributed by atoms with Gasteiger partial charge in [-0.25, -0.2) is 0 Å². The number of aliphatic hydroxyl groups excluding tert-OH is 1. The number of rotatable bonds is 2. The Bertz CT molecular complexity index is 615. The van der Waals surface area contributed by atoms with Crippen LogP contribution in [0.1, 0.15) is 40.0 Å². The lowest BCUT2D eigenvalue weighted by atomic mass is 9.92. The zero-order valence-electron chi connectivity index (χ0n) is 11.0. The van der Waals surface area contributed by atoms with E-state index in [4.69, 9.17) is 0 Å². The summed E-state index contributed by atoms with van der Waals surface area (Å²) in [6, 6.07) is 10.9. The number of hydrogen-bond acceptors (Lipinski definition) is 2. The molecule has 4 atom stereocenters. The molecule has 98 valence electrons. The van der Waals surface area contributed by atoms with Crippen molar-refractivity contribution in [2.24, 2.45) is 11.8 Å². The average Bonchev–Trinajstić information content (AvgIpc) is 3.04. The summed E-state index contributed by atoms with van der Waals surface area (Å²) in [4.78, 5) is 1.27. The number of thiophene rings is 1. The summed E-state index contributed by atoms with van der Waals surface area (Å²) in [7, 11) is 0. The molecule has 1 fully saturated rings. The Morgan fingerprint density at radius 2 is 2.11 bits per heavy atom. The summed E-state index contributed by atoms with van der Waals surface area (Å²) in [6.07, 6.45) is 2.16. The molecule has 0 radical (unpaired) electrons. The lowest BCUT2D eigenvalue weighted by Gasteiger charge is -2.13. The van der Waals surface area contributed by atoms with E-state index in [9.17, 15) is 5.11 Å². The molecule has 0 spiro atoms. The highest BCUT2D eigenvalue weighted by atomic mass is 32.1. The second kappa shape index (κ2) is 4.19. The molecule has 19 heavy (non-hydrogen) atoms. The van der Waals surface area contributed by atoms with Gasteiger partial charge in [0.15, 0.2) is 0 Å². The van der Waals surface area contributed by atoms with Crippen molar-refractivity contribution >= 4 is 11.3 Å². The van der Waals surface area contributed by atoms with Crippen molar-refractivity contribution in [2.75, 3.05) is 0 Å². The quantitative estimate of drug-likeness (QED) is 0.872. The lowest BCUT2D eigenvalue weighted by Crippen LogP contribution is -2.02. The van der Waals surface area contributed by atoms with Crippen LogP contribution in [0.4, 0.5) is 0 Å². The highest BCUT2D eigenvalue weighted by molar-refractivity contribution is 7.10. The molecule has 1 nitrogen and oxygen atoms in total. The van der Waals surface area contributed by atoms with E-state index in [1.807, 2.05) is 0 Å². The van der Waals surface area contributed by atoms with E-state index >= 15 is 0 Å². The Kier molecular flexibility index (Phi) is 2.58.